The lowest BCUT2D eigenvalue weighted by molar-refractivity contribution is -0.139. The molecule has 0 aliphatic rings. The van der Waals surface area contributed by atoms with Gasteiger partial charge in [0.2, 0.25) is 0 Å². The van der Waals surface area contributed by atoms with Gasteiger partial charge in [-0.2, -0.15) is 18.3 Å². The van der Waals surface area contributed by atoms with E-state index in [-0.39, 0.29) is 5.69 Å². The number of aryl methyl sites for hydroxylation is 1. The van der Waals surface area contributed by atoms with Gasteiger partial charge in [-0.1, -0.05) is 0 Å². The van der Waals surface area contributed by atoms with Crippen molar-refractivity contribution >= 4 is 15.7 Å². The first-order valence-electron chi connectivity index (χ1n) is 7.19. The Morgan fingerprint density at radius 2 is 1.81 bits per heavy atom. The Bertz CT molecular complexity index is 1030. The maximum Gasteiger partial charge on any atom is 0.417 e. The SMILES string of the molecule is Cc1ncnn1-c1ccc(NS(=O)(=O)c2cnccc2C(F)(F)F)cc1. The van der Waals surface area contributed by atoms with Gasteiger partial charge in [0.05, 0.1) is 11.3 Å². The zero-order valence-corrected chi connectivity index (χ0v) is 14.1. The van der Waals surface area contributed by atoms with Crippen LogP contribution in [0.1, 0.15) is 11.4 Å². The number of hydrogen-bond acceptors (Lipinski definition) is 5. The summed E-state index contributed by atoms with van der Waals surface area (Å²) in [6, 6.07) is 6.57. The molecule has 136 valence electrons. The number of sulfonamides is 1. The highest BCUT2D eigenvalue weighted by atomic mass is 32.2. The molecule has 2 heterocycles. The van der Waals surface area contributed by atoms with Crippen molar-refractivity contribution in [2.75, 3.05) is 4.72 Å². The van der Waals surface area contributed by atoms with Crippen LogP contribution in [0, 0.1) is 6.92 Å². The number of halogens is 3. The molecule has 26 heavy (non-hydrogen) atoms. The van der Waals surface area contributed by atoms with E-state index in [1.54, 1.807) is 19.1 Å². The van der Waals surface area contributed by atoms with Crippen molar-refractivity contribution < 1.29 is 21.6 Å². The second-order valence-corrected chi connectivity index (χ2v) is 6.89. The fourth-order valence-corrected chi connectivity index (χ4v) is 3.49. The normalized spacial score (nSPS) is 12.2. The third-order valence-corrected chi connectivity index (χ3v) is 4.87. The van der Waals surface area contributed by atoms with Gasteiger partial charge >= 0.3 is 6.18 Å². The van der Waals surface area contributed by atoms with Gasteiger partial charge in [0.25, 0.3) is 10.0 Å². The van der Waals surface area contributed by atoms with E-state index >= 15 is 0 Å². The van der Waals surface area contributed by atoms with Crippen LogP contribution in [-0.2, 0) is 16.2 Å². The Balaban J connectivity index is 1.91. The number of alkyl halides is 3. The van der Waals surface area contributed by atoms with Gasteiger partial charge in [-0.05, 0) is 37.3 Å². The van der Waals surface area contributed by atoms with Crippen LogP contribution in [0.15, 0.2) is 53.9 Å². The number of benzene rings is 1. The molecule has 0 aliphatic heterocycles. The van der Waals surface area contributed by atoms with Crippen LogP contribution in [0.3, 0.4) is 0 Å². The fraction of sp³-hybridized carbons (Fsp3) is 0.133. The van der Waals surface area contributed by atoms with Crippen molar-refractivity contribution in [3.05, 3.63) is 60.4 Å². The largest absolute Gasteiger partial charge is 0.417 e. The third-order valence-electron chi connectivity index (χ3n) is 3.46. The number of rotatable bonds is 4. The summed E-state index contributed by atoms with van der Waals surface area (Å²) in [5.41, 5.74) is -0.557. The molecule has 2 aromatic heterocycles. The number of hydrogen-bond donors (Lipinski definition) is 1. The molecule has 3 rings (SSSR count). The highest BCUT2D eigenvalue weighted by Gasteiger charge is 2.37. The maximum absolute atomic E-state index is 13.0. The Morgan fingerprint density at radius 1 is 1.12 bits per heavy atom. The van der Waals surface area contributed by atoms with Crippen molar-refractivity contribution in [2.45, 2.75) is 18.0 Å². The minimum absolute atomic E-state index is 0.100. The third kappa shape index (κ3) is 3.52. The maximum atomic E-state index is 13.0. The molecular formula is C15H12F3N5O2S. The van der Waals surface area contributed by atoms with Gasteiger partial charge in [-0.15, -0.1) is 0 Å². The molecule has 0 amide bonds. The van der Waals surface area contributed by atoms with E-state index in [1.807, 2.05) is 0 Å². The van der Waals surface area contributed by atoms with Crippen LogP contribution in [0.2, 0.25) is 0 Å². The zero-order chi connectivity index (χ0) is 18.9. The molecule has 0 saturated carbocycles. The molecule has 0 bridgehead atoms. The lowest BCUT2D eigenvalue weighted by Gasteiger charge is -2.14. The number of aromatic nitrogens is 4. The van der Waals surface area contributed by atoms with Crippen LogP contribution < -0.4 is 4.72 Å². The quantitative estimate of drug-likeness (QED) is 0.748. The van der Waals surface area contributed by atoms with Crippen molar-refractivity contribution in [2.24, 2.45) is 0 Å². The van der Waals surface area contributed by atoms with Gasteiger partial charge in [0.15, 0.2) is 0 Å². The van der Waals surface area contributed by atoms with E-state index in [0.29, 0.717) is 23.8 Å². The lowest BCUT2D eigenvalue weighted by Crippen LogP contribution is -2.19. The first kappa shape index (κ1) is 17.9. The summed E-state index contributed by atoms with van der Waals surface area (Å²) in [4.78, 5) is 6.52. The number of nitrogens with zero attached hydrogens (tertiary/aromatic N) is 4. The molecular weight excluding hydrogens is 371 g/mol. The van der Waals surface area contributed by atoms with E-state index in [0.717, 1.165) is 6.20 Å². The molecule has 7 nitrogen and oxygen atoms in total. The lowest BCUT2D eigenvalue weighted by atomic mass is 10.3. The number of pyridine rings is 1. The molecule has 0 spiro atoms. The van der Waals surface area contributed by atoms with Gasteiger partial charge in [0.1, 0.15) is 17.0 Å². The zero-order valence-electron chi connectivity index (χ0n) is 13.3. The van der Waals surface area contributed by atoms with Crippen molar-refractivity contribution in [1.82, 2.24) is 19.7 Å². The molecule has 0 radical (unpaired) electrons. The summed E-state index contributed by atoms with van der Waals surface area (Å²) in [7, 11) is -4.47. The Labute approximate surface area is 146 Å². The van der Waals surface area contributed by atoms with Gasteiger partial charge in [-0.25, -0.2) is 18.1 Å². The molecule has 0 fully saturated rings. The molecule has 1 aromatic carbocycles. The molecule has 1 N–H and O–H groups in total. The minimum atomic E-state index is -4.82. The average molecular weight is 383 g/mol. The van der Waals surface area contributed by atoms with Crippen LogP contribution in [0.4, 0.5) is 18.9 Å². The minimum Gasteiger partial charge on any atom is -0.280 e. The van der Waals surface area contributed by atoms with Gasteiger partial charge < -0.3 is 0 Å². The second kappa shape index (κ2) is 6.41. The first-order chi connectivity index (χ1) is 12.2. The Kier molecular flexibility index (Phi) is 4.40. The summed E-state index contributed by atoms with van der Waals surface area (Å²) >= 11 is 0. The second-order valence-electron chi connectivity index (χ2n) is 5.24. The summed E-state index contributed by atoms with van der Waals surface area (Å²) in [6.07, 6.45) is -1.90. The highest BCUT2D eigenvalue weighted by Crippen LogP contribution is 2.34. The monoisotopic (exact) mass is 383 g/mol. The van der Waals surface area contributed by atoms with Crippen molar-refractivity contribution in [3.63, 3.8) is 0 Å². The Hall–Kier alpha value is -2.95. The summed E-state index contributed by atoms with van der Waals surface area (Å²) < 4.78 is 67.5. The molecule has 11 heteroatoms. The first-order valence-corrected chi connectivity index (χ1v) is 8.68. The van der Waals surface area contributed by atoms with Crippen LogP contribution >= 0.6 is 0 Å². The summed E-state index contributed by atoms with van der Waals surface area (Å²) in [5.74, 6) is 0.628. The molecule has 0 atom stereocenters. The molecule has 3 aromatic rings. The van der Waals surface area contributed by atoms with E-state index < -0.39 is 26.7 Å². The van der Waals surface area contributed by atoms with Gasteiger partial charge in [-0.3, -0.25) is 9.71 Å². The van der Waals surface area contributed by atoms with Crippen molar-refractivity contribution in [3.8, 4) is 5.69 Å². The van der Waals surface area contributed by atoms with Crippen molar-refractivity contribution in [1.29, 1.82) is 0 Å². The van der Waals surface area contributed by atoms with E-state index in [2.05, 4.69) is 19.8 Å². The standard InChI is InChI=1S/C15H12F3N5O2S/c1-10-20-9-21-23(10)12-4-2-11(3-5-12)22-26(24,25)14-8-19-7-6-13(14)15(16,17)18/h2-9,22H,1H3. The summed E-state index contributed by atoms with van der Waals surface area (Å²) in [5, 5.41) is 4.01. The van der Waals surface area contributed by atoms with Gasteiger partial charge in [0, 0.05) is 18.1 Å². The van der Waals surface area contributed by atoms with Crippen LogP contribution in [0.25, 0.3) is 5.69 Å². The predicted octanol–water partition coefficient (Wildman–Crippen LogP) is 2.79. The van der Waals surface area contributed by atoms with Crippen LogP contribution in [-0.4, -0.2) is 28.2 Å². The smallest absolute Gasteiger partial charge is 0.280 e. The topological polar surface area (TPSA) is 89.8 Å². The van der Waals surface area contributed by atoms with E-state index in [9.17, 15) is 21.6 Å². The van der Waals surface area contributed by atoms with E-state index in [4.69, 9.17) is 0 Å². The Morgan fingerprint density at radius 3 is 2.38 bits per heavy atom. The highest BCUT2D eigenvalue weighted by molar-refractivity contribution is 7.92. The number of nitrogens with one attached hydrogen (secondary N) is 1. The molecule has 0 unspecified atom stereocenters. The average Bonchev–Trinajstić information content (AvgIpc) is 3.00. The van der Waals surface area contributed by atoms with Crippen LogP contribution in [0.5, 0.6) is 0 Å². The molecule has 0 aliphatic carbocycles. The summed E-state index contributed by atoms with van der Waals surface area (Å²) in [6.45, 7) is 1.74. The fourth-order valence-electron chi connectivity index (χ4n) is 2.26. The molecule has 0 saturated heterocycles. The number of anilines is 1. The predicted molar refractivity (Wildman–Crippen MR) is 86.1 cm³/mol. The van der Waals surface area contributed by atoms with E-state index in [1.165, 1.54) is 23.1 Å².